The van der Waals surface area contributed by atoms with Crippen molar-refractivity contribution in [2.75, 3.05) is 20.2 Å². The number of amides is 1. The molecule has 3 nitrogen and oxygen atoms in total. The van der Waals surface area contributed by atoms with Crippen molar-refractivity contribution < 1.29 is 9.90 Å². The minimum absolute atomic E-state index is 0.0437. The van der Waals surface area contributed by atoms with Crippen LogP contribution >= 0.6 is 0 Å². The molecule has 0 saturated heterocycles. The molecule has 19 heavy (non-hydrogen) atoms. The second-order valence-electron chi connectivity index (χ2n) is 5.73. The SMILES string of the molecule is CN(CC(C)(C)C)C(=O)c1ccccc1C#CCO. The van der Waals surface area contributed by atoms with Crippen LogP contribution in [0, 0.1) is 17.3 Å². The third-order valence-corrected chi connectivity index (χ3v) is 2.52. The Bertz CT molecular complexity index is 503. The van der Waals surface area contributed by atoms with Gasteiger partial charge in [0.1, 0.15) is 6.61 Å². The van der Waals surface area contributed by atoms with Gasteiger partial charge < -0.3 is 10.0 Å². The fourth-order valence-corrected chi connectivity index (χ4v) is 1.90. The topological polar surface area (TPSA) is 40.5 Å². The van der Waals surface area contributed by atoms with Gasteiger partial charge in [-0.05, 0) is 17.5 Å². The van der Waals surface area contributed by atoms with Crippen molar-refractivity contribution in [3.63, 3.8) is 0 Å². The van der Waals surface area contributed by atoms with Crippen LogP contribution in [0.3, 0.4) is 0 Å². The van der Waals surface area contributed by atoms with Crippen LogP contribution in [0.2, 0.25) is 0 Å². The highest BCUT2D eigenvalue weighted by atomic mass is 16.2. The molecule has 0 saturated carbocycles. The monoisotopic (exact) mass is 259 g/mol. The second kappa shape index (κ2) is 6.40. The molecule has 0 heterocycles. The Balaban J connectivity index is 2.99. The van der Waals surface area contributed by atoms with Crippen molar-refractivity contribution in [2.24, 2.45) is 5.41 Å². The van der Waals surface area contributed by atoms with E-state index < -0.39 is 0 Å². The normalized spacial score (nSPS) is 10.6. The number of aliphatic hydroxyl groups is 1. The molecule has 0 aliphatic heterocycles. The molecule has 1 N–H and O–H groups in total. The van der Waals surface area contributed by atoms with Gasteiger partial charge in [-0.1, -0.05) is 44.7 Å². The summed E-state index contributed by atoms with van der Waals surface area (Å²) in [5, 5.41) is 8.75. The molecule has 0 unspecified atom stereocenters. The molecule has 1 amide bonds. The summed E-state index contributed by atoms with van der Waals surface area (Å²) in [5.74, 6) is 5.35. The Morgan fingerprint density at radius 2 is 1.95 bits per heavy atom. The van der Waals surface area contributed by atoms with E-state index in [-0.39, 0.29) is 17.9 Å². The van der Waals surface area contributed by atoms with Gasteiger partial charge in [0, 0.05) is 19.2 Å². The molecule has 0 aliphatic rings. The third-order valence-electron chi connectivity index (χ3n) is 2.52. The zero-order chi connectivity index (χ0) is 14.5. The summed E-state index contributed by atoms with van der Waals surface area (Å²) in [6.45, 7) is 6.74. The van der Waals surface area contributed by atoms with E-state index in [4.69, 9.17) is 5.11 Å². The summed E-state index contributed by atoms with van der Waals surface area (Å²) in [4.78, 5) is 14.1. The maximum Gasteiger partial charge on any atom is 0.254 e. The van der Waals surface area contributed by atoms with E-state index in [1.807, 2.05) is 12.1 Å². The maximum absolute atomic E-state index is 12.4. The lowest BCUT2D eigenvalue weighted by atomic mass is 9.95. The molecule has 0 aliphatic carbocycles. The Morgan fingerprint density at radius 3 is 2.53 bits per heavy atom. The van der Waals surface area contributed by atoms with E-state index in [9.17, 15) is 4.79 Å². The number of benzene rings is 1. The summed E-state index contributed by atoms with van der Waals surface area (Å²) in [6, 6.07) is 7.22. The van der Waals surface area contributed by atoms with Crippen molar-refractivity contribution in [1.82, 2.24) is 4.90 Å². The predicted octanol–water partition coefficient (Wildman–Crippen LogP) is 2.15. The number of aliphatic hydroxyl groups excluding tert-OH is 1. The van der Waals surface area contributed by atoms with Crippen molar-refractivity contribution >= 4 is 5.91 Å². The van der Waals surface area contributed by atoms with Gasteiger partial charge in [-0.3, -0.25) is 4.79 Å². The van der Waals surface area contributed by atoms with E-state index in [0.29, 0.717) is 17.7 Å². The molecular formula is C16H21NO2. The van der Waals surface area contributed by atoms with E-state index in [2.05, 4.69) is 32.6 Å². The van der Waals surface area contributed by atoms with Gasteiger partial charge >= 0.3 is 0 Å². The fourth-order valence-electron chi connectivity index (χ4n) is 1.90. The molecular weight excluding hydrogens is 238 g/mol. The van der Waals surface area contributed by atoms with Crippen LogP contribution in [0.15, 0.2) is 24.3 Å². The van der Waals surface area contributed by atoms with Crippen molar-refractivity contribution in [1.29, 1.82) is 0 Å². The molecule has 0 bridgehead atoms. The van der Waals surface area contributed by atoms with Crippen LogP contribution in [-0.2, 0) is 0 Å². The van der Waals surface area contributed by atoms with E-state index in [1.54, 1.807) is 24.1 Å². The largest absolute Gasteiger partial charge is 0.384 e. The molecule has 0 fully saturated rings. The van der Waals surface area contributed by atoms with Crippen LogP contribution in [0.25, 0.3) is 0 Å². The average Bonchev–Trinajstić information content (AvgIpc) is 2.33. The van der Waals surface area contributed by atoms with Crippen molar-refractivity contribution in [2.45, 2.75) is 20.8 Å². The fraction of sp³-hybridized carbons (Fsp3) is 0.438. The molecule has 0 atom stereocenters. The number of nitrogens with zero attached hydrogens (tertiary/aromatic N) is 1. The van der Waals surface area contributed by atoms with Gasteiger partial charge in [-0.25, -0.2) is 0 Å². The van der Waals surface area contributed by atoms with Gasteiger partial charge in [0.15, 0.2) is 0 Å². The van der Waals surface area contributed by atoms with E-state index in [1.165, 1.54) is 0 Å². The lowest BCUT2D eigenvalue weighted by Crippen LogP contribution is -2.34. The Kier molecular flexibility index (Phi) is 5.14. The number of carbonyl (C=O) groups excluding carboxylic acids is 1. The molecule has 0 aromatic heterocycles. The molecule has 102 valence electrons. The smallest absolute Gasteiger partial charge is 0.254 e. The highest BCUT2D eigenvalue weighted by molar-refractivity contribution is 5.96. The van der Waals surface area contributed by atoms with Crippen LogP contribution in [-0.4, -0.2) is 36.1 Å². The lowest BCUT2D eigenvalue weighted by molar-refractivity contribution is 0.0745. The number of rotatable bonds is 2. The number of carbonyl (C=O) groups is 1. The number of hydrogen-bond donors (Lipinski definition) is 1. The second-order valence-corrected chi connectivity index (χ2v) is 5.73. The van der Waals surface area contributed by atoms with Gasteiger partial charge in [0.2, 0.25) is 0 Å². The minimum Gasteiger partial charge on any atom is -0.384 e. The lowest BCUT2D eigenvalue weighted by Gasteiger charge is -2.27. The summed E-state index contributed by atoms with van der Waals surface area (Å²) < 4.78 is 0. The molecule has 3 heteroatoms. The van der Waals surface area contributed by atoms with Crippen LogP contribution in [0.4, 0.5) is 0 Å². The number of hydrogen-bond acceptors (Lipinski definition) is 2. The van der Waals surface area contributed by atoms with Crippen LogP contribution in [0.1, 0.15) is 36.7 Å². The van der Waals surface area contributed by atoms with Gasteiger partial charge in [0.05, 0.1) is 5.56 Å². The first-order valence-corrected chi connectivity index (χ1v) is 6.29. The molecule has 1 aromatic rings. The first-order chi connectivity index (χ1) is 8.85. The maximum atomic E-state index is 12.4. The quantitative estimate of drug-likeness (QED) is 0.827. The van der Waals surface area contributed by atoms with Crippen LogP contribution < -0.4 is 0 Å². The first-order valence-electron chi connectivity index (χ1n) is 6.29. The zero-order valence-corrected chi connectivity index (χ0v) is 12.0. The van der Waals surface area contributed by atoms with E-state index >= 15 is 0 Å². The summed E-state index contributed by atoms with van der Waals surface area (Å²) in [7, 11) is 1.80. The Morgan fingerprint density at radius 1 is 1.32 bits per heavy atom. The Hall–Kier alpha value is -1.79. The summed E-state index contributed by atoms with van der Waals surface area (Å²) in [6.07, 6.45) is 0. The van der Waals surface area contributed by atoms with E-state index in [0.717, 1.165) is 0 Å². The average molecular weight is 259 g/mol. The summed E-state index contributed by atoms with van der Waals surface area (Å²) >= 11 is 0. The first kappa shape index (κ1) is 15.3. The van der Waals surface area contributed by atoms with Crippen molar-refractivity contribution in [3.8, 4) is 11.8 Å². The minimum atomic E-state index is -0.208. The third kappa shape index (κ3) is 4.76. The predicted molar refractivity (Wildman–Crippen MR) is 76.8 cm³/mol. The van der Waals surface area contributed by atoms with Gasteiger partial charge in [0.25, 0.3) is 5.91 Å². The van der Waals surface area contributed by atoms with Crippen LogP contribution in [0.5, 0.6) is 0 Å². The molecule has 0 spiro atoms. The highest BCUT2D eigenvalue weighted by Crippen LogP contribution is 2.17. The molecule has 1 aromatic carbocycles. The molecule has 0 radical (unpaired) electrons. The highest BCUT2D eigenvalue weighted by Gasteiger charge is 2.20. The Labute approximate surface area is 115 Å². The molecule has 1 rings (SSSR count). The van der Waals surface area contributed by atoms with Gasteiger partial charge in [-0.2, -0.15) is 0 Å². The zero-order valence-electron chi connectivity index (χ0n) is 12.0. The summed E-state index contributed by atoms with van der Waals surface area (Å²) in [5.41, 5.74) is 1.29. The van der Waals surface area contributed by atoms with Crippen molar-refractivity contribution in [3.05, 3.63) is 35.4 Å². The van der Waals surface area contributed by atoms with Gasteiger partial charge in [-0.15, -0.1) is 0 Å². The standard InChI is InChI=1S/C16H21NO2/c1-16(2,3)12-17(4)15(19)14-10-6-5-8-13(14)9-7-11-18/h5-6,8,10,18H,11-12H2,1-4H3.